The highest BCUT2D eigenvalue weighted by atomic mass is 16.5. The van der Waals surface area contributed by atoms with Crippen molar-refractivity contribution in [1.29, 1.82) is 5.26 Å². The summed E-state index contributed by atoms with van der Waals surface area (Å²) in [5.74, 6) is -0.688. The number of aromatic nitrogens is 4. The lowest BCUT2D eigenvalue weighted by atomic mass is 10.1. The van der Waals surface area contributed by atoms with E-state index in [2.05, 4.69) is 15.4 Å². The molecule has 1 unspecified atom stereocenters. The number of para-hydroxylation sites is 1. The SMILES string of the molecule is Cc1ccc(-c2nnn(CC(=O)OC(C)C(=O)N(CCC#N)c3ccccc3)n2)cc1. The first-order valence-electron chi connectivity index (χ1n) is 9.75. The van der Waals surface area contributed by atoms with E-state index in [0.29, 0.717) is 11.5 Å². The first-order chi connectivity index (χ1) is 15.0. The van der Waals surface area contributed by atoms with Gasteiger partial charge in [0.05, 0.1) is 12.5 Å². The van der Waals surface area contributed by atoms with Gasteiger partial charge < -0.3 is 9.64 Å². The Labute approximate surface area is 179 Å². The van der Waals surface area contributed by atoms with E-state index in [1.807, 2.05) is 43.3 Å². The van der Waals surface area contributed by atoms with Gasteiger partial charge in [-0.15, -0.1) is 10.2 Å². The fraction of sp³-hybridized carbons (Fsp3) is 0.273. The van der Waals surface area contributed by atoms with E-state index in [1.54, 1.807) is 24.3 Å². The predicted molar refractivity (Wildman–Crippen MR) is 113 cm³/mol. The molecule has 2 aromatic carbocycles. The Morgan fingerprint density at radius 1 is 1.16 bits per heavy atom. The molecule has 9 heteroatoms. The zero-order valence-electron chi connectivity index (χ0n) is 17.3. The topological polar surface area (TPSA) is 114 Å². The molecule has 0 aliphatic carbocycles. The molecule has 0 saturated heterocycles. The lowest BCUT2D eigenvalue weighted by Crippen LogP contribution is -2.41. The van der Waals surface area contributed by atoms with E-state index in [4.69, 9.17) is 10.00 Å². The summed E-state index contributed by atoms with van der Waals surface area (Å²) in [6.45, 7) is 3.40. The quantitative estimate of drug-likeness (QED) is 0.516. The number of tetrazole rings is 1. The molecule has 1 amide bonds. The summed E-state index contributed by atoms with van der Waals surface area (Å²) in [7, 11) is 0. The number of nitriles is 1. The molecule has 1 heterocycles. The monoisotopic (exact) mass is 418 g/mol. The molecule has 158 valence electrons. The van der Waals surface area contributed by atoms with Crippen LogP contribution < -0.4 is 4.90 Å². The smallest absolute Gasteiger partial charge is 0.330 e. The van der Waals surface area contributed by atoms with Crippen molar-refractivity contribution in [3.05, 3.63) is 60.2 Å². The van der Waals surface area contributed by atoms with Crippen molar-refractivity contribution in [3.63, 3.8) is 0 Å². The van der Waals surface area contributed by atoms with Crippen LogP contribution in [0.2, 0.25) is 0 Å². The number of amides is 1. The fourth-order valence-corrected chi connectivity index (χ4v) is 2.88. The molecule has 1 atom stereocenters. The Morgan fingerprint density at radius 2 is 1.87 bits per heavy atom. The number of hydrogen-bond donors (Lipinski definition) is 0. The maximum Gasteiger partial charge on any atom is 0.330 e. The van der Waals surface area contributed by atoms with Crippen LogP contribution in [-0.4, -0.2) is 44.7 Å². The van der Waals surface area contributed by atoms with Gasteiger partial charge >= 0.3 is 5.97 Å². The molecule has 31 heavy (non-hydrogen) atoms. The van der Waals surface area contributed by atoms with Gasteiger partial charge in [0.2, 0.25) is 5.82 Å². The van der Waals surface area contributed by atoms with Crippen LogP contribution in [0.5, 0.6) is 0 Å². The number of esters is 1. The van der Waals surface area contributed by atoms with Crippen molar-refractivity contribution >= 4 is 17.6 Å². The second-order valence-electron chi connectivity index (χ2n) is 6.88. The van der Waals surface area contributed by atoms with E-state index in [-0.39, 0.29) is 19.5 Å². The van der Waals surface area contributed by atoms with Crippen LogP contribution in [0.15, 0.2) is 54.6 Å². The molecule has 0 fully saturated rings. The second-order valence-corrected chi connectivity index (χ2v) is 6.88. The highest BCUT2D eigenvalue weighted by Crippen LogP contribution is 2.16. The number of carbonyl (C=O) groups excluding carboxylic acids is 2. The Balaban J connectivity index is 1.62. The van der Waals surface area contributed by atoms with Crippen molar-refractivity contribution < 1.29 is 14.3 Å². The number of ether oxygens (including phenoxy) is 1. The number of nitrogens with zero attached hydrogens (tertiary/aromatic N) is 6. The van der Waals surface area contributed by atoms with Crippen molar-refractivity contribution in [2.45, 2.75) is 32.9 Å². The van der Waals surface area contributed by atoms with Crippen LogP contribution in [0.4, 0.5) is 5.69 Å². The van der Waals surface area contributed by atoms with Crippen LogP contribution in [0.25, 0.3) is 11.4 Å². The Kier molecular flexibility index (Phi) is 7.06. The molecule has 0 N–H and O–H groups in total. The van der Waals surface area contributed by atoms with Crippen molar-refractivity contribution in [2.75, 3.05) is 11.4 Å². The summed E-state index contributed by atoms with van der Waals surface area (Å²) in [5.41, 5.74) is 2.52. The van der Waals surface area contributed by atoms with Crippen LogP contribution in [0.3, 0.4) is 0 Å². The third-order valence-corrected chi connectivity index (χ3v) is 4.47. The number of aryl methyl sites for hydroxylation is 1. The minimum atomic E-state index is -1.04. The van der Waals surface area contributed by atoms with Gasteiger partial charge in [-0.25, -0.2) is 4.79 Å². The molecule has 0 bridgehead atoms. The van der Waals surface area contributed by atoms with Crippen LogP contribution >= 0.6 is 0 Å². The van der Waals surface area contributed by atoms with Gasteiger partial charge in [0.25, 0.3) is 5.91 Å². The highest BCUT2D eigenvalue weighted by molar-refractivity contribution is 5.97. The number of hydrogen-bond acceptors (Lipinski definition) is 7. The van der Waals surface area contributed by atoms with E-state index in [0.717, 1.165) is 15.9 Å². The van der Waals surface area contributed by atoms with E-state index >= 15 is 0 Å². The number of anilines is 1. The number of rotatable bonds is 8. The molecule has 0 saturated carbocycles. The summed E-state index contributed by atoms with van der Waals surface area (Å²) < 4.78 is 5.29. The lowest BCUT2D eigenvalue weighted by Gasteiger charge is -2.25. The molecule has 0 aliphatic heterocycles. The molecular weight excluding hydrogens is 396 g/mol. The van der Waals surface area contributed by atoms with Crippen molar-refractivity contribution in [2.24, 2.45) is 0 Å². The minimum Gasteiger partial charge on any atom is -0.451 e. The maximum atomic E-state index is 12.8. The standard InChI is InChI=1S/C22H22N6O3/c1-16-9-11-18(12-10-16)21-24-26-28(25-21)15-20(29)31-17(2)22(30)27(14-6-13-23)19-7-4-3-5-8-19/h3-5,7-12,17H,6,14-15H2,1-2H3. The van der Waals surface area contributed by atoms with Gasteiger partial charge in [-0.3, -0.25) is 4.79 Å². The summed E-state index contributed by atoms with van der Waals surface area (Å²) in [6, 6.07) is 18.6. The molecular formula is C22H22N6O3. The molecule has 3 rings (SSSR count). The average molecular weight is 418 g/mol. The van der Waals surface area contributed by atoms with Gasteiger partial charge in [-0.1, -0.05) is 48.0 Å². The summed E-state index contributed by atoms with van der Waals surface area (Å²) >= 11 is 0. The van der Waals surface area contributed by atoms with Crippen LogP contribution in [0.1, 0.15) is 18.9 Å². The second kappa shape index (κ2) is 10.1. The number of benzene rings is 2. The molecule has 0 aliphatic rings. The lowest BCUT2D eigenvalue weighted by molar-refractivity contribution is -0.154. The third kappa shape index (κ3) is 5.73. The van der Waals surface area contributed by atoms with Gasteiger partial charge in [0.1, 0.15) is 0 Å². The summed E-state index contributed by atoms with van der Waals surface area (Å²) in [5, 5.41) is 20.9. The molecule has 9 nitrogen and oxygen atoms in total. The zero-order chi connectivity index (χ0) is 22.2. The van der Waals surface area contributed by atoms with Crippen LogP contribution in [-0.2, 0) is 20.9 Å². The largest absolute Gasteiger partial charge is 0.451 e. The van der Waals surface area contributed by atoms with Gasteiger partial charge in [-0.2, -0.15) is 10.1 Å². The fourth-order valence-electron chi connectivity index (χ4n) is 2.88. The Morgan fingerprint density at radius 3 is 2.55 bits per heavy atom. The zero-order valence-corrected chi connectivity index (χ0v) is 17.3. The number of carbonyl (C=O) groups is 2. The first kappa shape index (κ1) is 21.6. The summed E-state index contributed by atoms with van der Waals surface area (Å²) in [4.78, 5) is 27.7. The van der Waals surface area contributed by atoms with Gasteiger partial charge in [0.15, 0.2) is 12.6 Å². The third-order valence-electron chi connectivity index (χ3n) is 4.47. The van der Waals surface area contributed by atoms with E-state index in [1.165, 1.54) is 11.8 Å². The minimum absolute atomic E-state index is 0.159. The normalized spacial score (nSPS) is 11.4. The van der Waals surface area contributed by atoms with Crippen molar-refractivity contribution in [1.82, 2.24) is 20.2 Å². The predicted octanol–water partition coefficient (Wildman–Crippen LogP) is 2.53. The van der Waals surface area contributed by atoms with Crippen LogP contribution in [0, 0.1) is 18.3 Å². The Bertz CT molecular complexity index is 1070. The maximum absolute atomic E-state index is 12.8. The van der Waals surface area contributed by atoms with Gasteiger partial charge in [-0.05, 0) is 31.2 Å². The van der Waals surface area contributed by atoms with Gasteiger partial charge in [0, 0.05) is 17.8 Å². The Hall–Kier alpha value is -4.06. The average Bonchev–Trinajstić information content (AvgIpc) is 3.23. The molecule has 0 radical (unpaired) electrons. The first-order valence-corrected chi connectivity index (χ1v) is 9.75. The molecule has 0 spiro atoms. The van der Waals surface area contributed by atoms with E-state index in [9.17, 15) is 9.59 Å². The highest BCUT2D eigenvalue weighted by Gasteiger charge is 2.25. The van der Waals surface area contributed by atoms with E-state index < -0.39 is 18.0 Å². The summed E-state index contributed by atoms with van der Waals surface area (Å²) in [6.07, 6.45) is -0.877. The van der Waals surface area contributed by atoms with Crippen molar-refractivity contribution in [3.8, 4) is 17.5 Å². The molecule has 3 aromatic rings. The molecule has 1 aromatic heterocycles.